The van der Waals surface area contributed by atoms with Crippen LogP contribution in [0.5, 0.6) is 5.75 Å². The van der Waals surface area contributed by atoms with Gasteiger partial charge in [0.25, 0.3) is 5.91 Å². The van der Waals surface area contributed by atoms with Gasteiger partial charge < -0.3 is 14.9 Å². The lowest BCUT2D eigenvalue weighted by Gasteiger charge is -2.31. The van der Waals surface area contributed by atoms with Crippen molar-refractivity contribution in [3.63, 3.8) is 0 Å². The number of ether oxygens (including phenoxy) is 1. The first kappa shape index (κ1) is 15.5. The lowest BCUT2D eigenvalue weighted by atomic mass is 10.1. The Balaban J connectivity index is 1.51. The summed E-state index contributed by atoms with van der Waals surface area (Å²) in [6.45, 7) is 4.45. The van der Waals surface area contributed by atoms with E-state index in [1.807, 2.05) is 6.92 Å². The van der Waals surface area contributed by atoms with Crippen LogP contribution in [0.3, 0.4) is 0 Å². The second-order valence-corrected chi connectivity index (χ2v) is 5.70. The third kappa shape index (κ3) is 4.07. The highest BCUT2D eigenvalue weighted by molar-refractivity contribution is 5.91. The largest absolute Gasteiger partial charge is 0.490 e. The molecule has 0 saturated carbocycles. The van der Waals surface area contributed by atoms with Gasteiger partial charge in [-0.05, 0) is 25.8 Å². The number of hydrogen-bond acceptors (Lipinski definition) is 6. The highest BCUT2D eigenvalue weighted by atomic mass is 16.5. The molecule has 122 valence electrons. The van der Waals surface area contributed by atoms with E-state index in [2.05, 4.69) is 14.9 Å². The minimum absolute atomic E-state index is 0.126. The molecule has 3 rings (SSSR count). The van der Waals surface area contributed by atoms with Crippen LogP contribution in [0, 0.1) is 6.92 Å². The normalized spacial score (nSPS) is 16.4. The molecule has 0 aromatic carbocycles. The van der Waals surface area contributed by atoms with Gasteiger partial charge in [-0.2, -0.15) is 0 Å². The summed E-state index contributed by atoms with van der Waals surface area (Å²) < 4.78 is 11.4. The van der Waals surface area contributed by atoms with Crippen molar-refractivity contribution in [1.82, 2.24) is 14.9 Å². The molecular formula is C16H20N4O3. The molecule has 1 fully saturated rings. The molecule has 1 aliphatic rings. The van der Waals surface area contributed by atoms with Crippen LogP contribution in [-0.2, 0) is 6.54 Å². The first-order chi connectivity index (χ1) is 11.1. The molecule has 0 atom stereocenters. The standard InChI is InChI=1S/C16H20N4O3/c1-11-9-19-15(22-11)10-20-6-3-12(4-7-20)23-13-2-5-18-14(8-13)16(17)21/h2,5,8-9,12H,3-4,6-7,10H2,1H3,(H2,17,21). The van der Waals surface area contributed by atoms with Gasteiger partial charge in [0.1, 0.15) is 23.3 Å². The molecule has 0 radical (unpaired) electrons. The van der Waals surface area contributed by atoms with Gasteiger partial charge in [0, 0.05) is 25.4 Å². The number of carbonyl (C=O) groups excluding carboxylic acids is 1. The van der Waals surface area contributed by atoms with Gasteiger partial charge in [-0.25, -0.2) is 4.98 Å². The SMILES string of the molecule is Cc1cnc(CN2CCC(Oc3ccnc(C(N)=O)c3)CC2)o1. The Labute approximate surface area is 134 Å². The van der Waals surface area contributed by atoms with E-state index in [1.54, 1.807) is 18.3 Å². The van der Waals surface area contributed by atoms with E-state index in [4.69, 9.17) is 14.9 Å². The molecule has 2 N–H and O–H groups in total. The zero-order valence-electron chi connectivity index (χ0n) is 13.1. The maximum Gasteiger partial charge on any atom is 0.267 e. The highest BCUT2D eigenvalue weighted by Crippen LogP contribution is 2.20. The predicted molar refractivity (Wildman–Crippen MR) is 82.9 cm³/mol. The molecule has 0 spiro atoms. The quantitative estimate of drug-likeness (QED) is 0.898. The van der Waals surface area contributed by atoms with E-state index >= 15 is 0 Å². The van der Waals surface area contributed by atoms with Crippen molar-refractivity contribution in [3.8, 4) is 5.75 Å². The van der Waals surface area contributed by atoms with Gasteiger partial charge >= 0.3 is 0 Å². The molecule has 7 nitrogen and oxygen atoms in total. The summed E-state index contributed by atoms with van der Waals surface area (Å²) in [5.74, 6) is 1.67. The molecule has 0 aliphatic carbocycles. The Hall–Kier alpha value is -2.41. The Morgan fingerprint density at radius 2 is 2.22 bits per heavy atom. The van der Waals surface area contributed by atoms with Crippen LogP contribution in [0.1, 0.15) is 35.0 Å². The van der Waals surface area contributed by atoms with E-state index in [-0.39, 0.29) is 11.8 Å². The second kappa shape index (κ2) is 6.78. The van der Waals surface area contributed by atoms with Crippen molar-refractivity contribution < 1.29 is 13.9 Å². The van der Waals surface area contributed by atoms with Crippen molar-refractivity contribution in [1.29, 1.82) is 0 Å². The number of aryl methyl sites for hydroxylation is 1. The van der Waals surface area contributed by atoms with Crippen LogP contribution in [0.4, 0.5) is 0 Å². The van der Waals surface area contributed by atoms with Crippen molar-refractivity contribution in [2.75, 3.05) is 13.1 Å². The van der Waals surface area contributed by atoms with Gasteiger partial charge in [-0.15, -0.1) is 0 Å². The van der Waals surface area contributed by atoms with Crippen LogP contribution < -0.4 is 10.5 Å². The minimum Gasteiger partial charge on any atom is -0.490 e. The molecule has 3 heterocycles. The van der Waals surface area contributed by atoms with Gasteiger partial charge in [0.2, 0.25) is 5.89 Å². The average molecular weight is 316 g/mol. The number of pyridine rings is 1. The number of aromatic nitrogens is 2. The molecular weight excluding hydrogens is 296 g/mol. The molecule has 1 saturated heterocycles. The first-order valence-corrected chi connectivity index (χ1v) is 7.66. The number of amides is 1. The van der Waals surface area contributed by atoms with Crippen LogP contribution in [0.2, 0.25) is 0 Å². The maximum absolute atomic E-state index is 11.1. The Bertz CT molecular complexity index is 677. The second-order valence-electron chi connectivity index (χ2n) is 5.70. The molecule has 0 bridgehead atoms. The van der Waals surface area contributed by atoms with E-state index in [0.717, 1.165) is 44.1 Å². The smallest absolute Gasteiger partial charge is 0.267 e. The third-order valence-corrected chi connectivity index (χ3v) is 3.85. The zero-order valence-corrected chi connectivity index (χ0v) is 13.1. The zero-order chi connectivity index (χ0) is 16.2. The fourth-order valence-electron chi connectivity index (χ4n) is 2.66. The number of oxazole rings is 1. The summed E-state index contributed by atoms with van der Waals surface area (Å²) in [5.41, 5.74) is 5.45. The van der Waals surface area contributed by atoms with Gasteiger partial charge in [0.15, 0.2) is 0 Å². The Morgan fingerprint density at radius 3 is 2.87 bits per heavy atom. The van der Waals surface area contributed by atoms with E-state index < -0.39 is 5.91 Å². The first-order valence-electron chi connectivity index (χ1n) is 7.66. The van der Waals surface area contributed by atoms with E-state index in [1.165, 1.54) is 6.20 Å². The lowest BCUT2D eigenvalue weighted by Crippen LogP contribution is -2.37. The number of nitrogens with zero attached hydrogens (tertiary/aromatic N) is 3. The average Bonchev–Trinajstić information content (AvgIpc) is 2.94. The third-order valence-electron chi connectivity index (χ3n) is 3.85. The maximum atomic E-state index is 11.1. The molecule has 7 heteroatoms. The Kier molecular flexibility index (Phi) is 4.57. The van der Waals surface area contributed by atoms with E-state index in [0.29, 0.717) is 5.75 Å². The highest BCUT2D eigenvalue weighted by Gasteiger charge is 2.22. The topological polar surface area (TPSA) is 94.5 Å². The summed E-state index contributed by atoms with van der Waals surface area (Å²) in [6.07, 6.45) is 5.23. The fraction of sp³-hybridized carbons (Fsp3) is 0.438. The lowest BCUT2D eigenvalue weighted by molar-refractivity contribution is 0.0910. The number of rotatable bonds is 5. The van der Waals surface area contributed by atoms with Crippen LogP contribution in [-0.4, -0.2) is 40.0 Å². The number of primary amides is 1. The van der Waals surface area contributed by atoms with Gasteiger partial charge in [-0.3, -0.25) is 14.7 Å². The van der Waals surface area contributed by atoms with Gasteiger partial charge in [0.05, 0.1) is 12.7 Å². The van der Waals surface area contributed by atoms with Crippen molar-refractivity contribution in [2.24, 2.45) is 5.73 Å². The Morgan fingerprint density at radius 1 is 1.43 bits per heavy atom. The number of nitrogens with two attached hydrogens (primary N) is 1. The number of hydrogen-bond donors (Lipinski definition) is 1. The molecule has 0 unspecified atom stereocenters. The minimum atomic E-state index is -0.550. The summed E-state index contributed by atoms with van der Waals surface area (Å²) in [4.78, 5) is 21.6. The summed E-state index contributed by atoms with van der Waals surface area (Å²) in [5, 5.41) is 0. The molecule has 1 amide bonds. The molecule has 2 aromatic heterocycles. The summed E-state index contributed by atoms with van der Waals surface area (Å²) in [6, 6.07) is 3.33. The van der Waals surface area contributed by atoms with Gasteiger partial charge in [-0.1, -0.05) is 0 Å². The fourth-order valence-corrected chi connectivity index (χ4v) is 2.66. The van der Waals surface area contributed by atoms with Crippen molar-refractivity contribution in [2.45, 2.75) is 32.4 Å². The molecule has 2 aromatic rings. The monoisotopic (exact) mass is 316 g/mol. The summed E-state index contributed by atoms with van der Waals surface area (Å²) >= 11 is 0. The van der Waals surface area contributed by atoms with Crippen molar-refractivity contribution >= 4 is 5.91 Å². The van der Waals surface area contributed by atoms with E-state index in [9.17, 15) is 4.79 Å². The van der Waals surface area contributed by atoms with Crippen LogP contribution in [0.15, 0.2) is 28.9 Å². The molecule has 1 aliphatic heterocycles. The number of piperidine rings is 1. The predicted octanol–water partition coefficient (Wildman–Crippen LogP) is 1.52. The number of carbonyl (C=O) groups is 1. The van der Waals surface area contributed by atoms with Crippen LogP contribution >= 0.6 is 0 Å². The van der Waals surface area contributed by atoms with Crippen LogP contribution in [0.25, 0.3) is 0 Å². The number of likely N-dealkylation sites (tertiary alicyclic amines) is 1. The van der Waals surface area contributed by atoms with Crippen molar-refractivity contribution in [3.05, 3.63) is 41.9 Å². The molecule has 23 heavy (non-hydrogen) atoms. The summed E-state index contributed by atoms with van der Waals surface area (Å²) in [7, 11) is 0.